The molecule has 2 N–H and O–H groups in total. The smallest absolute Gasteiger partial charge is 0.00487 e. The standard InChI is InChI=1S/C13H21N/c1-3-13(11(2)10-14)9-12-7-5-4-6-8-12/h4-8,11,13H,3,9-10,14H2,1-2H3. The van der Waals surface area contributed by atoms with E-state index in [1.807, 2.05) is 0 Å². The summed E-state index contributed by atoms with van der Waals surface area (Å²) in [5, 5.41) is 0. The lowest BCUT2D eigenvalue weighted by molar-refractivity contribution is 0.352. The normalized spacial score (nSPS) is 15.1. The Morgan fingerprint density at radius 3 is 2.36 bits per heavy atom. The fraction of sp³-hybridized carbons (Fsp3) is 0.538. The van der Waals surface area contributed by atoms with Gasteiger partial charge in [0.15, 0.2) is 0 Å². The first kappa shape index (κ1) is 11.3. The summed E-state index contributed by atoms with van der Waals surface area (Å²) in [7, 11) is 0. The largest absolute Gasteiger partial charge is 0.330 e. The van der Waals surface area contributed by atoms with Crippen LogP contribution in [-0.2, 0) is 6.42 Å². The van der Waals surface area contributed by atoms with E-state index in [0.29, 0.717) is 5.92 Å². The van der Waals surface area contributed by atoms with Crippen molar-refractivity contribution in [3.05, 3.63) is 35.9 Å². The Hall–Kier alpha value is -0.820. The van der Waals surface area contributed by atoms with Crippen LogP contribution in [-0.4, -0.2) is 6.54 Å². The summed E-state index contributed by atoms with van der Waals surface area (Å²) in [6.45, 7) is 5.29. The Bertz CT molecular complexity index is 243. The van der Waals surface area contributed by atoms with Crippen molar-refractivity contribution in [3.8, 4) is 0 Å². The topological polar surface area (TPSA) is 26.0 Å². The van der Waals surface area contributed by atoms with Crippen molar-refractivity contribution >= 4 is 0 Å². The third-order valence-electron chi connectivity index (χ3n) is 3.04. The van der Waals surface area contributed by atoms with Crippen LogP contribution in [0.1, 0.15) is 25.8 Å². The van der Waals surface area contributed by atoms with Crippen LogP contribution in [0.4, 0.5) is 0 Å². The maximum atomic E-state index is 5.70. The molecular formula is C13H21N. The van der Waals surface area contributed by atoms with E-state index in [9.17, 15) is 0 Å². The summed E-state index contributed by atoms with van der Waals surface area (Å²) in [6, 6.07) is 10.7. The zero-order valence-electron chi connectivity index (χ0n) is 9.24. The van der Waals surface area contributed by atoms with Crippen molar-refractivity contribution in [2.75, 3.05) is 6.54 Å². The highest BCUT2D eigenvalue weighted by molar-refractivity contribution is 5.15. The van der Waals surface area contributed by atoms with Gasteiger partial charge in [-0.25, -0.2) is 0 Å². The number of benzene rings is 1. The minimum Gasteiger partial charge on any atom is -0.330 e. The molecule has 1 heteroatoms. The van der Waals surface area contributed by atoms with E-state index in [1.165, 1.54) is 12.0 Å². The van der Waals surface area contributed by atoms with Crippen molar-refractivity contribution in [3.63, 3.8) is 0 Å². The molecule has 78 valence electrons. The van der Waals surface area contributed by atoms with Crippen molar-refractivity contribution in [2.45, 2.75) is 26.7 Å². The molecule has 0 aliphatic carbocycles. The van der Waals surface area contributed by atoms with Crippen molar-refractivity contribution in [1.82, 2.24) is 0 Å². The molecule has 14 heavy (non-hydrogen) atoms. The van der Waals surface area contributed by atoms with Gasteiger partial charge < -0.3 is 5.73 Å². The Labute approximate surface area is 87.3 Å². The molecule has 0 bridgehead atoms. The van der Waals surface area contributed by atoms with Crippen LogP contribution in [0.3, 0.4) is 0 Å². The third-order valence-corrected chi connectivity index (χ3v) is 3.04. The van der Waals surface area contributed by atoms with Crippen LogP contribution in [0, 0.1) is 11.8 Å². The van der Waals surface area contributed by atoms with Gasteiger partial charge in [-0.2, -0.15) is 0 Å². The van der Waals surface area contributed by atoms with E-state index < -0.39 is 0 Å². The molecule has 1 aromatic rings. The van der Waals surface area contributed by atoms with Crippen LogP contribution in [0.5, 0.6) is 0 Å². The second kappa shape index (κ2) is 5.82. The van der Waals surface area contributed by atoms with Gasteiger partial charge in [-0.15, -0.1) is 0 Å². The summed E-state index contributed by atoms with van der Waals surface area (Å²) in [5.74, 6) is 1.35. The molecule has 0 amide bonds. The summed E-state index contributed by atoms with van der Waals surface area (Å²) in [6.07, 6.45) is 2.38. The van der Waals surface area contributed by atoms with E-state index in [2.05, 4.69) is 44.2 Å². The second-order valence-corrected chi connectivity index (χ2v) is 4.07. The van der Waals surface area contributed by atoms with Crippen LogP contribution in [0.2, 0.25) is 0 Å². The van der Waals surface area contributed by atoms with Gasteiger partial charge in [-0.1, -0.05) is 50.6 Å². The molecule has 2 atom stereocenters. The number of hydrogen-bond donors (Lipinski definition) is 1. The Morgan fingerprint density at radius 1 is 1.21 bits per heavy atom. The van der Waals surface area contributed by atoms with Gasteiger partial charge in [0.25, 0.3) is 0 Å². The van der Waals surface area contributed by atoms with Gasteiger partial charge in [-0.3, -0.25) is 0 Å². The monoisotopic (exact) mass is 191 g/mol. The molecule has 0 fully saturated rings. The van der Waals surface area contributed by atoms with Gasteiger partial charge in [-0.05, 0) is 30.4 Å². The molecule has 0 spiro atoms. The molecule has 1 nitrogen and oxygen atoms in total. The molecule has 0 aromatic heterocycles. The summed E-state index contributed by atoms with van der Waals surface area (Å²) < 4.78 is 0. The zero-order chi connectivity index (χ0) is 10.4. The summed E-state index contributed by atoms with van der Waals surface area (Å²) >= 11 is 0. The van der Waals surface area contributed by atoms with E-state index in [4.69, 9.17) is 5.73 Å². The third kappa shape index (κ3) is 3.15. The zero-order valence-corrected chi connectivity index (χ0v) is 9.24. The maximum absolute atomic E-state index is 5.70. The summed E-state index contributed by atoms with van der Waals surface area (Å²) in [5.41, 5.74) is 7.13. The maximum Gasteiger partial charge on any atom is -0.00487 e. The molecule has 0 radical (unpaired) electrons. The molecular weight excluding hydrogens is 170 g/mol. The van der Waals surface area contributed by atoms with Gasteiger partial charge in [0.05, 0.1) is 0 Å². The highest BCUT2D eigenvalue weighted by atomic mass is 14.5. The molecule has 0 heterocycles. The number of hydrogen-bond acceptors (Lipinski definition) is 1. The molecule has 2 unspecified atom stereocenters. The van der Waals surface area contributed by atoms with Gasteiger partial charge in [0, 0.05) is 0 Å². The molecule has 0 saturated heterocycles. The van der Waals surface area contributed by atoms with Crippen LogP contribution >= 0.6 is 0 Å². The van der Waals surface area contributed by atoms with E-state index in [-0.39, 0.29) is 0 Å². The van der Waals surface area contributed by atoms with Crippen LogP contribution < -0.4 is 5.73 Å². The van der Waals surface area contributed by atoms with Crippen molar-refractivity contribution < 1.29 is 0 Å². The number of nitrogens with two attached hydrogens (primary N) is 1. The second-order valence-electron chi connectivity index (χ2n) is 4.07. The van der Waals surface area contributed by atoms with Gasteiger partial charge in [0.1, 0.15) is 0 Å². The first-order valence-electron chi connectivity index (χ1n) is 5.52. The lowest BCUT2D eigenvalue weighted by Crippen LogP contribution is -2.21. The minimum absolute atomic E-state index is 0.625. The van der Waals surface area contributed by atoms with Crippen LogP contribution in [0.25, 0.3) is 0 Å². The fourth-order valence-corrected chi connectivity index (χ4v) is 1.86. The Balaban J connectivity index is 2.57. The highest BCUT2D eigenvalue weighted by Gasteiger charge is 2.13. The SMILES string of the molecule is CCC(Cc1ccccc1)C(C)CN. The van der Waals surface area contributed by atoms with E-state index in [0.717, 1.165) is 18.9 Å². The first-order valence-corrected chi connectivity index (χ1v) is 5.52. The molecule has 0 aliphatic rings. The lowest BCUT2D eigenvalue weighted by atomic mass is 9.86. The predicted molar refractivity (Wildman–Crippen MR) is 62.1 cm³/mol. The van der Waals surface area contributed by atoms with Crippen molar-refractivity contribution in [1.29, 1.82) is 0 Å². The fourth-order valence-electron chi connectivity index (χ4n) is 1.86. The minimum atomic E-state index is 0.625. The predicted octanol–water partition coefficient (Wildman–Crippen LogP) is 2.85. The number of rotatable bonds is 5. The highest BCUT2D eigenvalue weighted by Crippen LogP contribution is 2.19. The first-order chi connectivity index (χ1) is 6.77. The van der Waals surface area contributed by atoms with Gasteiger partial charge in [0.2, 0.25) is 0 Å². The lowest BCUT2D eigenvalue weighted by Gasteiger charge is -2.21. The van der Waals surface area contributed by atoms with Crippen molar-refractivity contribution in [2.24, 2.45) is 17.6 Å². The summed E-state index contributed by atoms with van der Waals surface area (Å²) in [4.78, 5) is 0. The Morgan fingerprint density at radius 2 is 1.86 bits per heavy atom. The average molecular weight is 191 g/mol. The quantitative estimate of drug-likeness (QED) is 0.761. The molecule has 1 rings (SSSR count). The molecule has 0 saturated carbocycles. The Kier molecular flexibility index (Phi) is 4.68. The van der Waals surface area contributed by atoms with Gasteiger partial charge >= 0.3 is 0 Å². The average Bonchev–Trinajstić information content (AvgIpc) is 2.26. The van der Waals surface area contributed by atoms with Crippen LogP contribution in [0.15, 0.2) is 30.3 Å². The van der Waals surface area contributed by atoms with E-state index in [1.54, 1.807) is 0 Å². The molecule has 0 aliphatic heterocycles. The molecule has 1 aromatic carbocycles. The van der Waals surface area contributed by atoms with E-state index >= 15 is 0 Å².